The van der Waals surface area contributed by atoms with Crippen LogP contribution in [0.4, 0.5) is 24.8 Å². The third-order valence-corrected chi connectivity index (χ3v) is 7.59. The molecule has 3 aromatic carbocycles. The number of anilines is 2. The lowest BCUT2D eigenvalue weighted by Crippen LogP contribution is -2.38. The van der Waals surface area contributed by atoms with Crippen molar-refractivity contribution >= 4 is 38.1 Å². The molecule has 1 saturated heterocycles. The predicted octanol–water partition coefficient (Wildman–Crippen LogP) is 5.12. The predicted molar refractivity (Wildman–Crippen MR) is 143 cm³/mol. The average molecular weight is 526 g/mol. The largest absolute Gasteiger partial charge is 0.350 e. The first-order valence-electron chi connectivity index (χ1n) is 11.9. The van der Waals surface area contributed by atoms with Gasteiger partial charge in [-0.15, -0.1) is 0 Å². The Morgan fingerprint density at radius 1 is 1.08 bits per heavy atom. The molecule has 6 nitrogen and oxygen atoms in total. The highest BCUT2D eigenvalue weighted by molar-refractivity contribution is 8.00. The summed E-state index contributed by atoms with van der Waals surface area (Å²) in [6.07, 6.45) is 3.68. The molecule has 0 amide bonds. The minimum absolute atomic E-state index is 0.0745. The Bertz CT molecular complexity index is 1540. The van der Waals surface area contributed by atoms with E-state index < -0.39 is 32.8 Å². The topological polar surface area (TPSA) is 78.9 Å². The number of nitrogens with zero attached hydrogens (tertiary/aromatic N) is 2. The van der Waals surface area contributed by atoms with Gasteiger partial charge in [-0.2, -0.15) is 0 Å². The van der Waals surface area contributed by atoms with Gasteiger partial charge in [0, 0.05) is 39.4 Å². The van der Waals surface area contributed by atoms with Crippen molar-refractivity contribution in [2.24, 2.45) is 0 Å². The molecule has 2 atom stereocenters. The average Bonchev–Trinajstić information content (AvgIpc) is 2.89. The molecule has 0 aliphatic carbocycles. The van der Waals surface area contributed by atoms with Crippen LogP contribution in [-0.2, 0) is 15.5 Å². The lowest BCUT2D eigenvalue weighted by Gasteiger charge is -2.23. The second-order valence-corrected chi connectivity index (χ2v) is 11.2. The van der Waals surface area contributed by atoms with E-state index in [9.17, 15) is 13.0 Å². The van der Waals surface area contributed by atoms with E-state index in [-0.39, 0.29) is 22.9 Å². The van der Waals surface area contributed by atoms with E-state index in [0.29, 0.717) is 22.4 Å². The van der Waals surface area contributed by atoms with Crippen LogP contribution in [0.5, 0.6) is 0 Å². The standard InChI is InChI=1S/C27H26F3N5OS/c1-37(36,16-17-6-3-2-4-7-17)35-26-22(28)13-21(24(29)25(26)30)18-9-10-23-19(12-18)14-32-27(34-23)33-20-8-5-11-31-15-20/h2-4,6-7,9-10,12-14,20,31H,1,5,8,11,15-16H2,(H,35,36)(H,32,33,34)/t20-,37?/m0/s1. The van der Waals surface area contributed by atoms with Crippen LogP contribution in [0.3, 0.4) is 0 Å². The molecule has 3 N–H and O–H groups in total. The fourth-order valence-corrected chi connectivity index (χ4v) is 5.75. The summed E-state index contributed by atoms with van der Waals surface area (Å²) in [5.74, 6) is 0.184. The Morgan fingerprint density at radius 2 is 1.89 bits per heavy atom. The molecule has 0 spiro atoms. The highest BCUT2D eigenvalue weighted by atomic mass is 32.2. The number of aromatic nitrogens is 2. The van der Waals surface area contributed by atoms with Gasteiger partial charge in [-0.1, -0.05) is 36.4 Å². The number of hydrogen-bond donors (Lipinski definition) is 3. The van der Waals surface area contributed by atoms with E-state index in [1.165, 1.54) is 0 Å². The number of fused-ring (bicyclic) bond motifs is 1. The summed E-state index contributed by atoms with van der Waals surface area (Å²) >= 11 is 0. The molecule has 0 saturated carbocycles. The van der Waals surface area contributed by atoms with Crippen LogP contribution in [0.2, 0.25) is 0 Å². The normalized spacial score (nSPS) is 17.3. The summed E-state index contributed by atoms with van der Waals surface area (Å²) < 4.78 is 60.3. The third kappa shape index (κ3) is 5.70. The van der Waals surface area contributed by atoms with Crippen LogP contribution in [-0.4, -0.2) is 39.2 Å². The van der Waals surface area contributed by atoms with Crippen molar-refractivity contribution in [1.82, 2.24) is 15.3 Å². The number of piperidine rings is 1. The third-order valence-electron chi connectivity index (χ3n) is 6.21. The van der Waals surface area contributed by atoms with E-state index in [2.05, 4.69) is 31.2 Å². The van der Waals surface area contributed by atoms with Gasteiger partial charge < -0.3 is 15.4 Å². The minimum atomic E-state index is -3.19. The molecule has 0 radical (unpaired) electrons. The smallest absolute Gasteiger partial charge is 0.223 e. The van der Waals surface area contributed by atoms with E-state index in [1.807, 2.05) is 0 Å². The summed E-state index contributed by atoms with van der Waals surface area (Å²) in [5.41, 5.74) is 0.461. The van der Waals surface area contributed by atoms with Crippen LogP contribution < -0.4 is 15.4 Å². The molecular weight excluding hydrogens is 499 g/mol. The molecule has 37 heavy (non-hydrogen) atoms. The molecule has 1 unspecified atom stereocenters. The maximum absolute atomic E-state index is 15.1. The minimum Gasteiger partial charge on any atom is -0.350 e. The molecule has 2 heterocycles. The number of rotatable bonds is 7. The SMILES string of the molecule is C=S(=O)(Cc1ccccc1)Nc1c(F)cc(-c2ccc3nc(N[C@H]4CCCNC4)ncc3c2)c(F)c1F. The van der Waals surface area contributed by atoms with Gasteiger partial charge in [-0.25, -0.2) is 27.3 Å². The van der Waals surface area contributed by atoms with Crippen molar-refractivity contribution in [3.63, 3.8) is 0 Å². The molecule has 1 aliphatic heterocycles. The number of halogens is 3. The highest BCUT2D eigenvalue weighted by Gasteiger charge is 2.22. The Hall–Kier alpha value is -3.63. The van der Waals surface area contributed by atoms with Gasteiger partial charge >= 0.3 is 0 Å². The van der Waals surface area contributed by atoms with Gasteiger partial charge in [0.1, 0.15) is 5.69 Å². The summed E-state index contributed by atoms with van der Waals surface area (Å²) in [6, 6.07) is 14.6. The van der Waals surface area contributed by atoms with Crippen molar-refractivity contribution in [2.45, 2.75) is 24.6 Å². The second-order valence-electron chi connectivity index (χ2n) is 9.11. The summed E-state index contributed by atoms with van der Waals surface area (Å²) in [4.78, 5) is 8.85. The summed E-state index contributed by atoms with van der Waals surface area (Å²) in [5, 5.41) is 7.22. The maximum atomic E-state index is 15.1. The first-order valence-corrected chi connectivity index (χ1v) is 13.8. The van der Waals surface area contributed by atoms with Crippen molar-refractivity contribution in [1.29, 1.82) is 0 Å². The van der Waals surface area contributed by atoms with Gasteiger partial charge in [0.2, 0.25) is 5.95 Å². The first-order chi connectivity index (χ1) is 17.8. The van der Waals surface area contributed by atoms with E-state index in [1.54, 1.807) is 54.7 Å². The number of nitrogens with one attached hydrogen (secondary N) is 3. The summed E-state index contributed by atoms with van der Waals surface area (Å²) in [6.45, 7) is 1.83. The monoisotopic (exact) mass is 525 g/mol. The Morgan fingerprint density at radius 3 is 2.65 bits per heavy atom. The lowest BCUT2D eigenvalue weighted by molar-refractivity contribution is 0.478. The molecule has 4 aromatic rings. The van der Waals surface area contributed by atoms with Gasteiger partial charge in [-0.05, 0) is 54.6 Å². The fourth-order valence-electron chi connectivity index (χ4n) is 4.39. The van der Waals surface area contributed by atoms with Gasteiger partial charge in [0.15, 0.2) is 17.5 Å². The van der Waals surface area contributed by atoms with Gasteiger partial charge in [-0.3, -0.25) is 0 Å². The van der Waals surface area contributed by atoms with Crippen LogP contribution in [0.25, 0.3) is 22.0 Å². The molecule has 5 rings (SSSR count). The highest BCUT2D eigenvalue weighted by Crippen LogP contribution is 2.33. The van der Waals surface area contributed by atoms with Gasteiger partial charge in [0.05, 0.1) is 11.3 Å². The van der Waals surface area contributed by atoms with E-state index in [0.717, 1.165) is 32.0 Å². The Kier molecular flexibility index (Phi) is 7.03. The van der Waals surface area contributed by atoms with Crippen LogP contribution in [0.1, 0.15) is 18.4 Å². The maximum Gasteiger partial charge on any atom is 0.223 e. The zero-order chi connectivity index (χ0) is 26.0. The second kappa shape index (κ2) is 10.4. The molecule has 10 heteroatoms. The van der Waals surface area contributed by atoms with E-state index >= 15 is 4.39 Å². The lowest BCUT2D eigenvalue weighted by atomic mass is 10.0. The van der Waals surface area contributed by atoms with Crippen molar-refractivity contribution in [2.75, 3.05) is 23.1 Å². The summed E-state index contributed by atoms with van der Waals surface area (Å²) in [7, 11) is -3.19. The fraction of sp³-hybridized carbons (Fsp3) is 0.222. The number of benzene rings is 3. The quantitative estimate of drug-likeness (QED) is 0.231. The molecular formula is C27H26F3N5OS. The van der Waals surface area contributed by atoms with Crippen LogP contribution in [0, 0.1) is 17.5 Å². The van der Waals surface area contributed by atoms with E-state index in [4.69, 9.17) is 0 Å². The number of hydrogen-bond acceptors (Lipinski definition) is 5. The molecule has 0 bridgehead atoms. The van der Waals surface area contributed by atoms with Crippen molar-refractivity contribution in [3.8, 4) is 11.1 Å². The Balaban J connectivity index is 1.40. The Labute approximate surface area is 213 Å². The molecule has 1 fully saturated rings. The molecule has 192 valence electrons. The molecule has 1 aromatic heterocycles. The molecule has 1 aliphatic rings. The van der Waals surface area contributed by atoms with Crippen molar-refractivity contribution in [3.05, 3.63) is 83.8 Å². The first kappa shape index (κ1) is 25.0. The van der Waals surface area contributed by atoms with Crippen LogP contribution >= 0.6 is 0 Å². The van der Waals surface area contributed by atoms with Gasteiger partial charge in [0.25, 0.3) is 0 Å². The zero-order valence-electron chi connectivity index (χ0n) is 19.9. The van der Waals surface area contributed by atoms with Crippen LogP contribution in [0.15, 0.2) is 60.8 Å². The zero-order valence-corrected chi connectivity index (χ0v) is 20.8. The van der Waals surface area contributed by atoms with Crippen molar-refractivity contribution < 1.29 is 17.4 Å².